The second-order valence-corrected chi connectivity index (χ2v) is 8.74. The van der Waals surface area contributed by atoms with Gasteiger partial charge in [-0.05, 0) is 35.9 Å². The Kier molecular flexibility index (Phi) is 6.51. The first-order chi connectivity index (χ1) is 15.9. The zero-order valence-corrected chi connectivity index (χ0v) is 19.5. The molecule has 3 aromatic rings. The molecule has 33 heavy (non-hydrogen) atoms. The molecule has 1 aliphatic rings. The average Bonchev–Trinajstić information content (AvgIpc) is 3.37. The van der Waals surface area contributed by atoms with E-state index < -0.39 is 17.7 Å². The Morgan fingerprint density at radius 1 is 1.06 bits per heavy atom. The Morgan fingerprint density at radius 3 is 2.30 bits per heavy atom. The van der Waals surface area contributed by atoms with Crippen molar-refractivity contribution in [2.24, 2.45) is 0 Å². The molecule has 6 nitrogen and oxygen atoms in total. The minimum Gasteiger partial charge on any atom is -0.503 e. The number of benzene rings is 2. The second kappa shape index (κ2) is 9.50. The van der Waals surface area contributed by atoms with Crippen molar-refractivity contribution in [1.29, 1.82) is 0 Å². The van der Waals surface area contributed by atoms with E-state index in [0.717, 1.165) is 16.0 Å². The van der Waals surface area contributed by atoms with Gasteiger partial charge in [0.2, 0.25) is 0 Å². The van der Waals surface area contributed by atoms with Crippen LogP contribution in [0, 0.1) is 6.92 Å². The summed E-state index contributed by atoms with van der Waals surface area (Å²) in [5.41, 5.74) is 2.57. The van der Waals surface area contributed by atoms with Crippen LogP contribution in [-0.4, -0.2) is 31.0 Å². The van der Waals surface area contributed by atoms with Crippen molar-refractivity contribution in [3.05, 3.63) is 87.3 Å². The molecule has 2 heterocycles. The van der Waals surface area contributed by atoms with Gasteiger partial charge < -0.3 is 14.6 Å². The number of carbonyl (C=O) groups is 2. The Labute approximate surface area is 196 Å². The van der Waals surface area contributed by atoms with E-state index in [2.05, 4.69) is 0 Å². The number of rotatable bonds is 8. The number of anilines is 1. The quantitative estimate of drug-likeness (QED) is 0.498. The molecular formula is C26H25NO5S. The smallest absolute Gasteiger partial charge is 0.294 e. The van der Waals surface area contributed by atoms with Crippen LogP contribution < -0.4 is 14.4 Å². The lowest BCUT2D eigenvalue weighted by Gasteiger charge is -2.27. The Balaban J connectivity index is 1.76. The van der Waals surface area contributed by atoms with Crippen LogP contribution in [0.5, 0.6) is 11.5 Å². The van der Waals surface area contributed by atoms with Crippen molar-refractivity contribution >= 4 is 28.7 Å². The van der Waals surface area contributed by atoms with Crippen molar-refractivity contribution in [2.75, 3.05) is 19.1 Å². The zero-order valence-electron chi connectivity index (χ0n) is 18.7. The molecule has 1 unspecified atom stereocenters. The molecule has 1 N–H and O–H groups in total. The van der Waals surface area contributed by atoms with Crippen LogP contribution in [0.3, 0.4) is 0 Å². The minimum absolute atomic E-state index is 0.128. The van der Waals surface area contributed by atoms with Crippen LogP contribution in [0.2, 0.25) is 0 Å². The molecule has 0 fully saturated rings. The van der Waals surface area contributed by atoms with Gasteiger partial charge in [0.25, 0.3) is 5.91 Å². The van der Waals surface area contributed by atoms with Gasteiger partial charge in [-0.25, -0.2) is 0 Å². The van der Waals surface area contributed by atoms with Gasteiger partial charge in [-0.1, -0.05) is 30.3 Å². The fourth-order valence-corrected chi connectivity index (χ4v) is 5.06. The molecule has 1 amide bonds. The van der Waals surface area contributed by atoms with Gasteiger partial charge in [-0.15, -0.1) is 11.3 Å². The van der Waals surface area contributed by atoms with E-state index in [1.54, 1.807) is 18.2 Å². The summed E-state index contributed by atoms with van der Waals surface area (Å²) < 4.78 is 10.7. The zero-order chi connectivity index (χ0) is 23.5. The number of thiophene rings is 1. The lowest BCUT2D eigenvalue weighted by atomic mass is 9.95. The summed E-state index contributed by atoms with van der Waals surface area (Å²) in [6.45, 7) is 1.93. The molecule has 0 radical (unpaired) electrons. The van der Waals surface area contributed by atoms with E-state index in [-0.39, 0.29) is 17.8 Å². The number of ether oxygens (including phenoxy) is 2. The molecule has 1 aromatic heterocycles. The highest BCUT2D eigenvalue weighted by Gasteiger charge is 2.45. The monoisotopic (exact) mass is 463 g/mol. The summed E-state index contributed by atoms with van der Waals surface area (Å²) in [6, 6.07) is 16.0. The molecule has 0 saturated carbocycles. The Hall–Kier alpha value is -3.58. The number of amides is 1. The van der Waals surface area contributed by atoms with Crippen LogP contribution in [0.15, 0.2) is 71.3 Å². The van der Waals surface area contributed by atoms with Crippen molar-refractivity contribution in [2.45, 2.75) is 25.8 Å². The third kappa shape index (κ3) is 4.36. The van der Waals surface area contributed by atoms with Gasteiger partial charge in [-0.2, -0.15) is 0 Å². The molecular weight excluding hydrogens is 438 g/mol. The van der Waals surface area contributed by atoms with Gasteiger partial charge in [-0.3, -0.25) is 14.5 Å². The molecule has 170 valence electrons. The normalized spacial score (nSPS) is 15.8. The van der Waals surface area contributed by atoms with E-state index >= 15 is 0 Å². The van der Waals surface area contributed by atoms with Crippen LogP contribution in [0.25, 0.3) is 0 Å². The molecule has 1 aliphatic heterocycles. The molecule has 4 rings (SSSR count). The van der Waals surface area contributed by atoms with Crippen molar-refractivity contribution in [3.8, 4) is 11.5 Å². The maximum Gasteiger partial charge on any atom is 0.294 e. The van der Waals surface area contributed by atoms with Crippen LogP contribution in [0.4, 0.5) is 5.69 Å². The summed E-state index contributed by atoms with van der Waals surface area (Å²) in [5, 5.41) is 12.8. The lowest BCUT2D eigenvalue weighted by Crippen LogP contribution is -2.31. The first-order valence-electron chi connectivity index (χ1n) is 10.6. The predicted octanol–water partition coefficient (Wildman–Crippen LogP) is 5.18. The highest BCUT2D eigenvalue weighted by atomic mass is 32.1. The summed E-state index contributed by atoms with van der Waals surface area (Å²) >= 11 is 1.45. The highest BCUT2D eigenvalue weighted by Crippen LogP contribution is 2.45. The maximum absolute atomic E-state index is 13.4. The largest absolute Gasteiger partial charge is 0.503 e. The van der Waals surface area contributed by atoms with E-state index in [0.29, 0.717) is 23.6 Å². The third-order valence-corrected chi connectivity index (χ3v) is 6.83. The van der Waals surface area contributed by atoms with E-state index in [4.69, 9.17) is 9.47 Å². The summed E-state index contributed by atoms with van der Waals surface area (Å²) in [4.78, 5) is 29.0. The first-order valence-corrected chi connectivity index (χ1v) is 11.4. The van der Waals surface area contributed by atoms with Crippen molar-refractivity contribution in [3.63, 3.8) is 0 Å². The molecule has 0 bridgehead atoms. The van der Waals surface area contributed by atoms with Gasteiger partial charge in [0.15, 0.2) is 11.5 Å². The van der Waals surface area contributed by atoms with Gasteiger partial charge in [0, 0.05) is 29.5 Å². The number of nitrogens with zero attached hydrogens (tertiary/aromatic N) is 1. The standard InChI is InChI=1S/C26H25NO5S/c1-16-11-12-33-25(16)23-22(21(28)10-9-17-7-5-4-6-8-17)24(29)26(30)27(23)18-13-19(31-2)15-20(14-18)32-3/h4-8,11-15,23,29H,9-10H2,1-3H3. The maximum atomic E-state index is 13.4. The van der Waals surface area contributed by atoms with Gasteiger partial charge in [0.05, 0.1) is 25.5 Å². The number of aliphatic hydroxyl groups is 1. The lowest BCUT2D eigenvalue weighted by molar-refractivity contribution is -0.118. The van der Waals surface area contributed by atoms with Crippen molar-refractivity contribution < 1.29 is 24.2 Å². The van der Waals surface area contributed by atoms with E-state index in [1.165, 1.54) is 30.5 Å². The number of hydrogen-bond acceptors (Lipinski definition) is 6. The Morgan fingerprint density at radius 2 is 1.73 bits per heavy atom. The fourth-order valence-electron chi connectivity index (χ4n) is 4.04. The number of aryl methyl sites for hydroxylation is 2. The highest BCUT2D eigenvalue weighted by molar-refractivity contribution is 7.10. The average molecular weight is 464 g/mol. The van der Waals surface area contributed by atoms with E-state index in [1.807, 2.05) is 48.7 Å². The number of hydrogen-bond donors (Lipinski definition) is 1. The number of aliphatic hydroxyl groups excluding tert-OH is 1. The number of carbonyl (C=O) groups excluding carboxylic acids is 2. The summed E-state index contributed by atoms with van der Waals surface area (Å²) in [6.07, 6.45) is 0.709. The fraction of sp³-hybridized carbons (Fsp3) is 0.231. The molecule has 0 aliphatic carbocycles. The van der Waals surface area contributed by atoms with Crippen LogP contribution in [0.1, 0.15) is 28.5 Å². The van der Waals surface area contributed by atoms with E-state index in [9.17, 15) is 14.7 Å². The van der Waals surface area contributed by atoms with Crippen molar-refractivity contribution in [1.82, 2.24) is 0 Å². The molecule has 2 aromatic carbocycles. The molecule has 0 spiro atoms. The summed E-state index contributed by atoms with van der Waals surface area (Å²) in [7, 11) is 3.05. The number of methoxy groups -OCH3 is 2. The SMILES string of the molecule is COc1cc(OC)cc(N2C(=O)C(O)=C(C(=O)CCc3ccccc3)C2c2sccc2C)c1. The Bertz CT molecular complexity index is 1190. The number of ketones is 1. The van der Waals surface area contributed by atoms with Gasteiger partial charge >= 0.3 is 0 Å². The van der Waals surface area contributed by atoms with Crippen LogP contribution in [-0.2, 0) is 16.0 Å². The second-order valence-electron chi connectivity index (χ2n) is 7.79. The predicted molar refractivity (Wildman–Crippen MR) is 128 cm³/mol. The minimum atomic E-state index is -0.724. The molecule has 0 saturated heterocycles. The molecule has 1 atom stereocenters. The first kappa shape index (κ1) is 22.6. The summed E-state index contributed by atoms with van der Waals surface area (Å²) in [5.74, 6) is -0.372. The molecule has 7 heteroatoms. The number of Topliss-reactive ketones (excluding diaryl/α,β-unsaturated/α-hetero) is 1. The topological polar surface area (TPSA) is 76.1 Å². The third-order valence-electron chi connectivity index (χ3n) is 5.76. The van der Waals surface area contributed by atoms with Crippen LogP contribution >= 0.6 is 11.3 Å². The van der Waals surface area contributed by atoms with Gasteiger partial charge in [0.1, 0.15) is 17.5 Å².